The third-order valence-electron chi connectivity index (χ3n) is 3.78. The molecule has 0 radical (unpaired) electrons. The number of carbonyl (C=O) groups is 1. The summed E-state index contributed by atoms with van der Waals surface area (Å²) < 4.78 is 0. The van der Waals surface area contributed by atoms with E-state index in [1.54, 1.807) is 0 Å². The Morgan fingerprint density at radius 2 is 2.00 bits per heavy atom. The van der Waals surface area contributed by atoms with Crippen LogP contribution in [0.3, 0.4) is 0 Å². The molecule has 17 heavy (non-hydrogen) atoms. The lowest BCUT2D eigenvalue weighted by molar-refractivity contribution is -0.120. The highest BCUT2D eigenvalue weighted by Crippen LogP contribution is 2.31. The Hall–Kier alpha value is -1.31. The topological polar surface area (TPSA) is 43.1 Å². The molecule has 0 saturated heterocycles. The van der Waals surface area contributed by atoms with Gasteiger partial charge in [-0.3, -0.25) is 4.79 Å². The van der Waals surface area contributed by atoms with Crippen molar-refractivity contribution >= 4 is 11.5 Å². The van der Waals surface area contributed by atoms with Gasteiger partial charge in [-0.25, -0.2) is 0 Å². The number of benzene rings is 1. The predicted molar refractivity (Wildman–Crippen MR) is 70.9 cm³/mol. The Balaban J connectivity index is 1.84. The van der Waals surface area contributed by atoms with E-state index in [2.05, 4.69) is 6.92 Å². The second-order valence-corrected chi connectivity index (χ2v) is 5.31. The zero-order valence-electron chi connectivity index (χ0n) is 10.5. The van der Waals surface area contributed by atoms with Crippen LogP contribution in [0.1, 0.15) is 50.5 Å². The molecule has 1 unspecified atom stereocenters. The smallest absolute Gasteiger partial charge is 0.133 e. The summed E-state index contributed by atoms with van der Waals surface area (Å²) in [5, 5.41) is 0. The lowest BCUT2D eigenvalue weighted by atomic mass is 9.80. The van der Waals surface area contributed by atoms with Crippen molar-refractivity contribution in [1.82, 2.24) is 0 Å². The molecule has 1 aliphatic carbocycles. The van der Waals surface area contributed by atoms with E-state index in [0.29, 0.717) is 24.0 Å². The van der Waals surface area contributed by atoms with Crippen molar-refractivity contribution in [1.29, 1.82) is 0 Å². The third kappa shape index (κ3) is 3.32. The van der Waals surface area contributed by atoms with Crippen LogP contribution in [0, 0.1) is 5.92 Å². The lowest BCUT2D eigenvalue weighted by Crippen LogP contribution is -2.16. The molecule has 1 saturated carbocycles. The number of carbonyl (C=O) groups excluding carboxylic acids is 1. The molecule has 1 aromatic rings. The van der Waals surface area contributed by atoms with Crippen molar-refractivity contribution in [3.05, 3.63) is 29.8 Å². The van der Waals surface area contributed by atoms with Crippen LogP contribution in [0.15, 0.2) is 24.3 Å². The van der Waals surface area contributed by atoms with Crippen molar-refractivity contribution in [3.63, 3.8) is 0 Å². The van der Waals surface area contributed by atoms with Gasteiger partial charge in [0.2, 0.25) is 0 Å². The van der Waals surface area contributed by atoms with E-state index in [1.807, 2.05) is 24.3 Å². The van der Waals surface area contributed by atoms with Crippen LogP contribution in [-0.4, -0.2) is 5.78 Å². The van der Waals surface area contributed by atoms with Crippen LogP contribution in [0.5, 0.6) is 0 Å². The Morgan fingerprint density at radius 1 is 1.35 bits per heavy atom. The number of ketones is 1. The molecule has 2 N–H and O–H groups in total. The molecule has 2 rings (SSSR count). The van der Waals surface area contributed by atoms with E-state index >= 15 is 0 Å². The van der Waals surface area contributed by atoms with Gasteiger partial charge < -0.3 is 5.73 Å². The van der Waals surface area contributed by atoms with Crippen molar-refractivity contribution in [3.8, 4) is 0 Å². The molecule has 0 amide bonds. The maximum atomic E-state index is 11.9. The molecule has 1 fully saturated rings. The number of nitrogen functional groups attached to an aromatic ring is 1. The summed E-state index contributed by atoms with van der Waals surface area (Å²) in [6.07, 6.45) is 5.27. The van der Waals surface area contributed by atoms with E-state index in [9.17, 15) is 4.79 Å². The second kappa shape index (κ2) is 5.35. The fourth-order valence-electron chi connectivity index (χ4n) is 2.39. The van der Waals surface area contributed by atoms with E-state index in [-0.39, 0.29) is 0 Å². The van der Waals surface area contributed by atoms with E-state index in [0.717, 1.165) is 12.1 Å². The summed E-state index contributed by atoms with van der Waals surface area (Å²) in [6, 6.07) is 7.86. The van der Waals surface area contributed by atoms with Gasteiger partial charge in [-0.1, -0.05) is 38.3 Å². The van der Waals surface area contributed by atoms with Crippen LogP contribution < -0.4 is 5.73 Å². The van der Waals surface area contributed by atoms with E-state index < -0.39 is 0 Å². The molecular formula is C15H21NO. The Labute approximate surface area is 103 Å². The fraction of sp³-hybridized carbons (Fsp3) is 0.533. The highest BCUT2D eigenvalue weighted by atomic mass is 16.1. The van der Waals surface area contributed by atoms with Gasteiger partial charge in [0.1, 0.15) is 5.78 Å². The van der Waals surface area contributed by atoms with Crippen LogP contribution >= 0.6 is 0 Å². The highest BCUT2D eigenvalue weighted by Gasteiger charge is 2.21. The summed E-state index contributed by atoms with van der Waals surface area (Å²) >= 11 is 0. The average molecular weight is 231 g/mol. The minimum Gasteiger partial charge on any atom is -0.399 e. The van der Waals surface area contributed by atoms with Crippen molar-refractivity contribution < 1.29 is 4.79 Å². The highest BCUT2D eigenvalue weighted by molar-refractivity contribution is 5.79. The number of hydrogen-bond acceptors (Lipinski definition) is 2. The average Bonchev–Trinajstić information content (AvgIpc) is 2.24. The molecule has 0 aromatic heterocycles. The lowest BCUT2D eigenvalue weighted by Gasteiger charge is -2.25. The molecule has 2 nitrogen and oxygen atoms in total. The van der Waals surface area contributed by atoms with Gasteiger partial charge in [-0.05, 0) is 29.5 Å². The maximum Gasteiger partial charge on any atom is 0.133 e. The molecular weight excluding hydrogens is 210 g/mol. The minimum absolute atomic E-state index is 0.308. The molecule has 1 atom stereocenters. The Kier molecular flexibility index (Phi) is 3.82. The second-order valence-electron chi connectivity index (χ2n) is 5.31. The third-order valence-corrected chi connectivity index (χ3v) is 3.78. The molecule has 2 heteroatoms. The molecule has 0 bridgehead atoms. The van der Waals surface area contributed by atoms with Gasteiger partial charge in [-0.2, -0.15) is 0 Å². The summed E-state index contributed by atoms with van der Waals surface area (Å²) in [5.41, 5.74) is 7.64. The molecule has 1 aliphatic rings. The van der Waals surface area contributed by atoms with Gasteiger partial charge in [0, 0.05) is 18.5 Å². The molecule has 0 heterocycles. The molecule has 0 spiro atoms. The number of rotatable bonds is 5. The number of hydrogen-bond donors (Lipinski definition) is 1. The Morgan fingerprint density at radius 3 is 2.53 bits per heavy atom. The molecule has 92 valence electrons. The minimum atomic E-state index is 0.308. The van der Waals surface area contributed by atoms with E-state index in [1.165, 1.54) is 24.8 Å². The zero-order valence-corrected chi connectivity index (χ0v) is 10.5. The van der Waals surface area contributed by atoms with Gasteiger partial charge in [0.15, 0.2) is 0 Å². The van der Waals surface area contributed by atoms with Crippen molar-refractivity contribution in [2.45, 2.75) is 44.9 Å². The first kappa shape index (κ1) is 12.2. The van der Waals surface area contributed by atoms with Crippen LogP contribution in [-0.2, 0) is 4.79 Å². The van der Waals surface area contributed by atoms with Gasteiger partial charge in [0.05, 0.1) is 0 Å². The summed E-state index contributed by atoms with van der Waals surface area (Å²) in [4.78, 5) is 11.9. The SMILES string of the molecule is CC(CC(=O)CC1CCC1)c1ccc(N)cc1. The molecule has 1 aromatic carbocycles. The number of nitrogens with two attached hydrogens (primary N) is 1. The first-order valence-electron chi connectivity index (χ1n) is 6.52. The zero-order chi connectivity index (χ0) is 12.3. The Bertz CT molecular complexity index is 378. The largest absolute Gasteiger partial charge is 0.399 e. The van der Waals surface area contributed by atoms with Crippen LogP contribution in [0.2, 0.25) is 0 Å². The monoisotopic (exact) mass is 231 g/mol. The first-order valence-corrected chi connectivity index (χ1v) is 6.52. The van der Waals surface area contributed by atoms with E-state index in [4.69, 9.17) is 5.73 Å². The van der Waals surface area contributed by atoms with Crippen molar-refractivity contribution in [2.75, 3.05) is 5.73 Å². The standard InChI is InChI=1S/C15H21NO/c1-11(13-5-7-14(16)8-6-13)9-15(17)10-12-3-2-4-12/h5-8,11-12H,2-4,9-10,16H2,1H3. The van der Waals surface area contributed by atoms with Crippen LogP contribution in [0.4, 0.5) is 5.69 Å². The number of Topliss-reactive ketones (excluding diaryl/α,β-unsaturated/α-hetero) is 1. The molecule has 0 aliphatic heterocycles. The van der Waals surface area contributed by atoms with Gasteiger partial charge in [0.25, 0.3) is 0 Å². The van der Waals surface area contributed by atoms with Gasteiger partial charge >= 0.3 is 0 Å². The predicted octanol–water partition coefficient (Wildman–Crippen LogP) is 3.52. The maximum absolute atomic E-state index is 11.9. The van der Waals surface area contributed by atoms with Crippen LogP contribution in [0.25, 0.3) is 0 Å². The van der Waals surface area contributed by atoms with Crippen molar-refractivity contribution in [2.24, 2.45) is 5.92 Å². The quantitative estimate of drug-likeness (QED) is 0.788. The summed E-state index contributed by atoms with van der Waals surface area (Å²) in [6.45, 7) is 2.12. The normalized spacial score (nSPS) is 17.5. The summed E-state index contributed by atoms with van der Waals surface area (Å²) in [7, 11) is 0. The van der Waals surface area contributed by atoms with Gasteiger partial charge in [-0.15, -0.1) is 0 Å². The summed E-state index contributed by atoms with van der Waals surface area (Å²) in [5.74, 6) is 1.41. The number of anilines is 1. The first-order chi connectivity index (χ1) is 8.15. The fourth-order valence-corrected chi connectivity index (χ4v) is 2.39.